The summed E-state index contributed by atoms with van der Waals surface area (Å²) in [6.45, 7) is 3.75. The third-order valence-electron chi connectivity index (χ3n) is 3.79. The first-order valence-electron chi connectivity index (χ1n) is 7.87. The number of carbonyl (C=O) groups excluding carboxylic acids is 1. The molecule has 9 heteroatoms. The summed E-state index contributed by atoms with van der Waals surface area (Å²) < 4.78 is 23.1. The van der Waals surface area contributed by atoms with Gasteiger partial charge < -0.3 is 10.6 Å². The van der Waals surface area contributed by atoms with E-state index in [2.05, 4.69) is 20.6 Å². The second kappa shape index (κ2) is 8.15. The number of rotatable bonds is 7. The number of hydrogen-bond acceptors (Lipinski definition) is 7. The molecule has 1 saturated heterocycles. The van der Waals surface area contributed by atoms with Gasteiger partial charge in [0.1, 0.15) is 6.04 Å². The van der Waals surface area contributed by atoms with Crippen LogP contribution in [0.4, 0.5) is 5.95 Å². The van der Waals surface area contributed by atoms with Crippen LogP contribution in [-0.2, 0) is 14.6 Å². The van der Waals surface area contributed by atoms with Crippen molar-refractivity contribution in [2.45, 2.75) is 38.8 Å². The van der Waals surface area contributed by atoms with Crippen LogP contribution in [0, 0.1) is 13.8 Å². The van der Waals surface area contributed by atoms with E-state index >= 15 is 0 Å². The van der Waals surface area contributed by atoms with Crippen molar-refractivity contribution in [1.29, 1.82) is 0 Å². The molecule has 0 unspecified atom stereocenters. The van der Waals surface area contributed by atoms with Crippen molar-refractivity contribution < 1.29 is 13.2 Å². The van der Waals surface area contributed by atoms with E-state index < -0.39 is 15.9 Å². The van der Waals surface area contributed by atoms with E-state index in [1.165, 1.54) is 0 Å². The van der Waals surface area contributed by atoms with Crippen LogP contribution in [0.5, 0.6) is 0 Å². The lowest BCUT2D eigenvalue weighted by molar-refractivity contribution is -0.122. The molecule has 0 aliphatic carbocycles. The van der Waals surface area contributed by atoms with E-state index in [4.69, 9.17) is 0 Å². The van der Waals surface area contributed by atoms with Crippen molar-refractivity contribution in [3.05, 3.63) is 17.5 Å². The Morgan fingerprint density at radius 1 is 1.38 bits per heavy atom. The molecule has 1 fully saturated rings. The van der Waals surface area contributed by atoms with Crippen LogP contribution in [0.2, 0.25) is 0 Å². The Morgan fingerprint density at radius 2 is 2.04 bits per heavy atom. The first-order valence-corrected chi connectivity index (χ1v) is 11.1. The number of nitrogens with one attached hydrogen (secondary N) is 2. The van der Waals surface area contributed by atoms with Crippen LogP contribution in [0.25, 0.3) is 0 Å². The quantitative estimate of drug-likeness (QED) is 0.734. The third-order valence-corrected chi connectivity index (χ3v) is 6.20. The second-order valence-corrected chi connectivity index (χ2v) is 9.28. The fraction of sp³-hybridized carbons (Fsp3) is 0.667. The van der Waals surface area contributed by atoms with Crippen LogP contribution in [-0.4, -0.2) is 59.9 Å². The van der Waals surface area contributed by atoms with Crippen molar-refractivity contribution in [1.82, 2.24) is 15.3 Å². The van der Waals surface area contributed by atoms with Crippen molar-refractivity contribution >= 4 is 33.5 Å². The highest BCUT2D eigenvalue weighted by molar-refractivity contribution is 7.98. The van der Waals surface area contributed by atoms with E-state index in [0.717, 1.165) is 17.1 Å². The highest BCUT2D eigenvalue weighted by Crippen LogP contribution is 2.13. The molecular formula is C15H24N4O3S2. The molecule has 1 aliphatic rings. The van der Waals surface area contributed by atoms with Gasteiger partial charge in [-0.25, -0.2) is 18.4 Å². The van der Waals surface area contributed by atoms with E-state index in [-0.39, 0.29) is 23.5 Å². The monoisotopic (exact) mass is 372 g/mol. The zero-order valence-electron chi connectivity index (χ0n) is 14.2. The number of hydrogen-bond donors (Lipinski definition) is 2. The summed E-state index contributed by atoms with van der Waals surface area (Å²) in [5, 5.41) is 5.94. The van der Waals surface area contributed by atoms with Crippen LogP contribution in [0.3, 0.4) is 0 Å². The maximum Gasteiger partial charge on any atom is 0.242 e. The van der Waals surface area contributed by atoms with Gasteiger partial charge >= 0.3 is 0 Å². The third kappa shape index (κ3) is 5.62. The van der Waals surface area contributed by atoms with E-state index in [0.29, 0.717) is 18.8 Å². The average Bonchev–Trinajstić information content (AvgIpc) is 2.81. The second-order valence-electron chi connectivity index (χ2n) is 6.06. The van der Waals surface area contributed by atoms with Crippen LogP contribution in [0.1, 0.15) is 24.2 Å². The average molecular weight is 373 g/mol. The van der Waals surface area contributed by atoms with Crippen molar-refractivity contribution in [2.75, 3.05) is 28.8 Å². The molecule has 2 heterocycles. The molecule has 2 rings (SSSR count). The number of amides is 1. The first kappa shape index (κ1) is 19.0. The van der Waals surface area contributed by atoms with Crippen molar-refractivity contribution in [3.63, 3.8) is 0 Å². The summed E-state index contributed by atoms with van der Waals surface area (Å²) in [7, 11) is -3.02. The smallest absolute Gasteiger partial charge is 0.242 e. The summed E-state index contributed by atoms with van der Waals surface area (Å²) in [6, 6.07) is 1.08. The van der Waals surface area contributed by atoms with Gasteiger partial charge in [0.05, 0.1) is 11.5 Å². The first-order chi connectivity index (χ1) is 11.3. The maximum absolute atomic E-state index is 12.6. The summed E-state index contributed by atoms with van der Waals surface area (Å²) in [5.41, 5.74) is 1.66. The normalized spacial score (nSPS) is 20.5. The van der Waals surface area contributed by atoms with Gasteiger partial charge in [-0.1, -0.05) is 0 Å². The molecule has 1 aromatic rings. The lowest BCUT2D eigenvalue weighted by Gasteiger charge is -2.20. The minimum absolute atomic E-state index is 0.0219. The molecule has 0 radical (unpaired) electrons. The molecule has 1 aliphatic heterocycles. The molecule has 0 bridgehead atoms. The number of aryl methyl sites for hydroxylation is 2. The van der Waals surface area contributed by atoms with Gasteiger partial charge in [0.25, 0.3) is 0 Å². The standard InChI is InChI=1S/C15H24N4O3S2/c1-10-8-11(2)17-15(16-10)19-13(4-6-23-3)14(20)18-12-5-7-24(21,22)9-12/h8,12-13H,4-7,9H2,1-3H3,(H,18,20)(H,16,17,19)/t12-,13+/m0/s1. The zero-order valence-corrected chi connectivity index (χ0v) is 15.8. The molecule has 0 saturated carbocycles. The van der Waals surface area contributed by atoms with Gasteiger partial charge in [-0.3, -0.25) is 4.79 Å². The minimum Gasteiger partial charge on any atom is -0.351 e. The van der Waals surface area contributed by atoms with Gasteiger partial charge in [0.2, 0.25) is 11.9 Å². The zero-order chi connectivity index (χ0) is 17.7. The van der Waals surface area contributed by atoms with Crippen LogP contribution in [0.15, 0.2) is 6.07 Å². The molecule has 2 N–H and O–H groups in total. The topological polar surface area (TPSA) is 101 Å². The van der Waals surface area contributed by atoms with Crippen LogP contribution < -0.4 is 10.6 Å². The molecule has 1 amide bonds. The van der Waals surface area contributed by atoms with E-state index in [1.54, 1.807) is 11.8 Å². The Morgan fingerprint density at radius 3 is 2.58 bits per heavy atom. The Hall–Kier alpha value is -1.35. The molecular weight excluding hydrogens is 348 g/mol. The maximum atomic E-state index is 12.6. The Kier molecular flexibility index (Phi) is 6.45. The summed E-state index contributed by atoms with van der Waals surface area (Å²) in [5.74, 6) is 1.19. The number of nitrogens with zero attached hydrogens (tertiary/aromatic N) is 2. The number of sulfone groups is 1. The van der Waals surface area contributed by atoms with Crippen LogP contribution >= 0.6 is 11.8 Å². The van der Waals surface area contributed by atoms with Gasteiger partial charge in [-0.15, -0.1) is 0 Å². The van der Waals surface area contributed by atoms with E-state index in [9.17, 15) is 13.2 Å². The van der Waals surface area contributed by atoms with Gasteiger partial charge in [-0.05, 0) is 44.8 Å². The summed E-state index contributed by atoms with van der Waals surface area (Å²) in [4.78, 5) is 21.2. The molecule has 1 aromatic heterocycles. The molecule has 7 nitrogen and oxygen atoms in total. The van der Waals surface area contributed by atoms with E-state index in [1.807, 2.05) is 26.2 Å². The molecule has 24 heavy (non-hydrogen) atoms. The fourth-order valence-corrected chi connectivity index (χ4v) is 4.81. The highest BCUT2D eigenvalue weighted by atomic mass is 32.2. The van der Waals surface area contributed by atoms with Gasteiger partial charge in [0.15, 0.2) is 9.84 Å². The lowest BCUT2D eigenvalue weighted by atomic mass is 10.2. The van der Waals surface area contributed by atoms with Gasteiger partial charge in [0, 0.05) is 17.4 Å². The summed E-state index contributed by atoms with van der Waals surface area (Å²) in [6.07, 6.45) is 3.07. The predicted molar refractivity (Wildman–Crippen MR) is 97.1 cm³/mol. The van der Waals surface area contributed by atoms with Crippen molar-refractivity contribution in [2.24, 2.45) is 0 Å². The van der Waals surface area contributed by atoms with Gasteiger partial charge in [-0.2, -0.15) is 11.8 Å². The van der Waals surface area contributed by atoms with Crippen molar-refractivity contribution in [3.8, 4) is 0 Å². The number of anilines is 1. The summed E-state index contributed by atoms with van der Waals surface area (Å²) >= 11 is 1.65. The number of thioether (sulfide) groups is 1. The SMILES string of the molecule is CSCC[C@@H](Nc1nc(C)cc(C)n1)C(=O)N[C@H]1CCS(=O)(=O)C1. The number of carbonyl (C=O) groups is 1. The minimum atomic E-state index is -3.02. The molecule has 2 atom stereocenters. The molecule has 134 valence electrons. The Balaban J connectivity index is 2.05. The Labute approximate surface area is 147 Å². The largest absolute Gasteiger partial charge is 0.351 e. The fourth-order valence-electron chi connectivity index (χ4n) is 2.66. The predicted octanol–water partition coefficient (Wildman–Crippen LogP) is 0.930. The molecule has 0 aromatic carbocycles. The molecule has 0 spiro atoms. The number of aromatic nitrogens is 2. The lowest BCUT2D eigenvalue weighted by Crippen LogP contribution is -2.45. The highest BCUT2D eigenvalue weighted by Gasteiger charge is 2.31. The Bertz CT molecular complexity index is 674.